The van der Waals surface area contributed by atoms with Crippen LogP contribution in [-0.2, 0) is 18.9 Å². The third-order valence-electron chi connectivity index (χ3n) is 19.8. The summed E-state index contributed by atoms with van der Waals surface area (Å²) in [6.45, 7) is 5.31. The summed E-state index contributed by atoms with van der Waals surface area (Å²) in [6, 6.07) is 91.5. The van der Waals surface area contributed by atoms with E-state index in [1.165, 1.54) is 0 Å². The molecule has 20 bridgehead atoms. The van der Waals surface area contributed by atoms with Crippen LogP contribution in [0.1, 0.15) is 190 Å². The molecule has 2 unspecified atom stereocenters. The molecule has 13 heterocycles. The first-order valence-corrected chi connectivity index (χ1v) is 39.6. The molecule has 0 saturated carbocycles. The molecule has 13 aliphatic rings. The van der Waals surface area contributed by atoms with E-state index in [2.05, 4.69) is 133 Å². The highest BCUT2D eigenvalue weighted by atomic mass is 16.5. The van der Waals surface area contributed by atoms with Crippen molar-refractivity contribution in [1.82, 2.24) is 5.32 Å². The van der Waals surface area contributed by atoms with E-state index in [-0.39, 0.29) is 44.1 Å². The number of carboxylic acids is 1. The van der Waals surface area contributed by atoms with Gasteiger partial charge in [0, 0.05) is 56.1 Å². The number of benzene rings is 12. The van der Waals surface area contributed by atoms with Crippen molar-refractivity contribution in [1.29, 1.82) is 0 Å². The fourth-order valence-electron chi connectivity index (χ4n) is 13.3. The average molecular weight is 1550 g/mol. The van der Waals surface area contributed by atoms with Crippen molar-refractivity contribution in [3.63, 3.8) is 0 Å². The predicted octanol–water partition coefficient (Wildman–Crippen LogP) is 22.1. The van der Waals surface area contributed by atoms with Crippen LogP contribution in [0, 0.1) is 47.4 Å². The molecule has 0 radical (unpaired) electrons. The molecule has 12 heteroatoms. The molecule has 12 aromatic carbocycles. The Bertz CT molecular complexity index is 5590. The molecule has 0 saturated heterocycles. The second-order valence-corrected chi connectivity index (χ2v) is 28.3. The molecule has 2 N–H and O–H groups in total. The summed E-state index contributed by atoms with van der Waals surface area (Å²) in [5.41, 5.74) is 17.5. The normalized spacial score (nSPS) is 13.9. The van der Waals surface area contributed by atoms with Gasteiger partial charge < -0.3 is 29.4 Å². The van der Waals surface area contributed by atoms with Gasteiger partial charge in [-0.2, -0.15) is 0 Å². The molecule has 0 aromatic heterocycles. The minimum Gasteiger partial charge on any atom is -0.478 e. The number of ether oxygens (including phenoxy) is 4. The maximum Gasteiger partial charge on any atom is 0.338 e. The molecule has 2 atom stereocenters. The first-order valence-electron chi connectivity index (χ1n) is 39.6. The van der Waals surface area contributed by atoms with Crippen molar-refractivity contribution < 1.29 is 48.0 Å². The van der Waals surface area contributed by atoms with E-state index in [0.29, 0.717) is 83.0 Å². The monoisotopic (exact) mass is 1550 g/mol. The molecule has 12 nitrogen and oxygen atoms in total. The van der Waals surface area contributed by atoms with E-state index in [4.69, 9.17) is 23.9 Å². The maximum atomic E-state index is 13.1. The van der Waals surface area contributed by atoms with Crippen LogP contribution in [-0.4, -0.2) is 67.2 Å². The lowest BCUT2D eigenvalue weighted by Gasteiger charge is -2.24. The summed E-state index contributed by atoms with van der Waals surface area (Å²) in [7, 11) is 0. The summed E-state index contributed by atoms with van der Waals surface area (Å²) in [4.78, 5) is 70.5. The number of carboxylic acid groups (broad SMARTS) is 1. The number of aromatic carboxylic acids is 1. The van der Waals surface area contributed by atoms with Crippen LogP contribution in [0.2, 0.25) is 0 Å². The van der Waals surface area contributed by atoms with E-state index < -0.39 is 29.8 Å². The van der Waals surface area contributed by atoms with Gasteiger partial charge in [0.15, 0.2) is 0 Å². The van der Waals surface area contributed by atoms with Crippen molar-refractivity contribution >= 4 is 35.7 Å². The topological polar surface area (TPSA) is 167 Å². The number of nitrogens with one attached hydrogen (secondary N) is 1. The standard InChI is InChI=1S/C106H86N2O10/c1-75(85-23-13-11-14-24-85)107-101(108-76(2)86-25-15-12-16-26-86)99-95-27-21-28-96(99)88-57-41-78(42-58-88)32-36-82-49-65-92(66-50-82)104(112)116-72-18-8-4-6-10-20-74-118-106(114)94-69-53-84(54-70-94)38-34-80-45-61-90(62-46-80)98-30-22-29-97(100(98)102(109)110)89-59-43-79(44-60-89)33-37-83-51-67-93(68-52-83)105(113)117-73-19-9-5-3-7-17-71-115-103(111)91-63-47-81(48-64-91)35-31-77-39-55-87(95)56-40-77/h3-6,11-16,21-30,39-70,75-76H,7-10,17-20,71-74H2,1-2H3,(H,107,108)(H,109,110). The first kappa shape index (κ1) is 81.2. The highest BCUT2D eigenvalue weighted by molar-refractivity contribution is 6.10. The molecular weight excluding hydrogens is 1460 g/mol. The van der Waals surface area contributed by atoms with Crippen molar-refractivity contribution in [2.24, 2.45) is 4.99 Å². The van der Waals surface area contributed by atoms with Crippen LogP contribution < -0.4 is 5.32 Å². The molecule has 0 amide bonds. The number of hydrogen-bond donors (Lipinski definition) is 2. The van der Waals surface area contributed by atoms with E-state index in [9.17, 15) is 29.1 Å². The molecule has 0 aliphatic carbocycles. The highest BCUT2D eigenvalue weighted by Gasteiger charge is 2.23. The van der Waals surface area contributed by atoms with E-state index in [1.54, 1.807) is 84.9 Å². The Morgan fingerprint density at radius 2 is 0.542 bits per heavy atom. The zero-order valence-corrected chi connectivity index (χ0v) is 65.7. The summed E-state index contributed by atoms with van der Waals surface area (Å²) in [5.74, 6) is 23.9. The number of nitrogens with zero attached hydrogens (tertiary/aromatic N) is 1. The second kappa shape index (κ2) is 41.3. The summed E-state index contributed by atoms with van der Waals surface area (Å²) in [6.07, 6.45) is 13.6. The fourth-order valence-corrected chi connectivity index (χ4v) is 13.3. The largest absolute Gasteiger partial charge is 0.478 e. The molecular formula is C106H86N2O10. The van der Waals surface area contributed by atoms with Crippen LogP contribution >= 0.6 is 0 Å². The number of esters is 4. The summed E-state index contributed by atoms with van der Waals surface area (Å²) in [5, 5.41) is 14.5. The van der Waals surface area contributed by atoms with Gasteiger partial charge in [0.1, 0.15) is 5.84 Å². The lowest BCUT2D eigenvalue weighted by Crippen LogP contribution is -2.29. The van der Waals surface area contributed by atoms with E-state index >= 15 is 0 Å². The van der Waals surface area contributed by atoms with Crippen molar-refractivity contribution in [3.05, 3.63) is 405 Å². The van der Waals surface area contributed by atoms with Gasteiger partial charge in [-0.1, -0.05) is 217 Å². The predicted molar refractivity (Wildman–Crippen MR) is 467 cm³/mol. The van der Waals surface area contributed by atoms with Gasteiger partial charge in [0.2, 0.25) is 0 Å². The highest BCUT2D eigenvalue weighted by Crippen LogP contribution is 2.37. The number of carbonyl (C=O) groups excluding carboxylic acids is 4. The number of amidine groups is 1. The fraction of sp³-hybridized carbons (Fsp3) is 0.151. The molecule has 13 aliphatic heterocycles. The van der Waals surface area contributed by atoms with Gasteiger partial charge in [-0.05, 0) is 266 Å². The van der Waals surface area contributed by atoms with Crippen molar-refractivity contribution in [2.75, 3.05) is 26.4 Å². The van der Waals surface area contributed by atoms with Crippen LogP contribution in [0.4, 0.5) is 0 Å². The number of carbonyl (C=O) groups is 5. The number of rotatable bonds is 6. The van der Waals surface area contributed by atoms with Crippen molar-refractivity contribution in [3.8, 4) is 91.9 Å². The van der Waals surface area contributed by atoms with Crippen molar-refractivity contribution in [2.45, 2.75) is 77.3 Å². The molecule has 25 rings (SSSR count). The Labute approximate surface area is 690 Å². The Balaban J connectivity index is 0.675. The first-order chi connectivity index (χ1) is 57.8. The lowest BCUT2D eigenvalue weighted by atomic mass is 9.89. The lowest BCUT2D eigenvalue weighted by molar-refractivity contribution is 0.0491. The minimum absolute atomic E-state index is 0.107. The third-order valence-corrected chi connectivity index (χ3v) is 19.8. The molecule has 118 heavy (non-hydrogen) atoms. The SMILES string of the molecule is CC(N=C(NC(C)c1ccccc1)c1c2cccc1-c1ccc(cc1)C#Cc1ccc(cc1)C(=O)OCCCC=CCCCOC(=O)c1ccc(cc1)C#Cc1ccc(cc1)-c1cccc(c1C(=O)O)-c1ccc(cc1)C#Cc1ccc(cc1)C(=O)OCCCC=CCCCOC(=O)c1ccc(cc1)C#Cc1ccc-2cc1)c1ccccc1. The minimum atomic E-state index is -1.06. The Morgan fingerprint density at radius 3 is 0.797 bits per heavy atom. The smallest absolute Gasteiger partial charge is 0.338 e. The number of aliphatic imine (C=N–C) groups is 1. The van der Waals surface area contributed by atoms with Crippen LogP contribution in [0.15, 0.2) is 320 Å². The van der Waals surface area contributed by atoms with Crippen LogP contribution in [0.5, 0.6) is 0 Å². The number of hydrogen-bond acceptors (Lipinski definition) is 10. The van der Waals surface area contributed by atoms with Crippen LogP contribution in [0.25, 0.3) is 44.5 Å². The second-order valence-electron chi connectivity index (χ2n) is 28.3. The quantitative estimate of drug-likeness (QED) is 0.0406. The van der Waals surface area contributed by atoms with Gasteiger partial charge in [-0.25, -0.2) is 24.0 Å². The van der Waals surface area contributed by atoms with E-state index in [1.807, 2.05) is 164 Å². The Hall–Kier alpha value is -14.8. The average Bonchev–Trinajstić information content (AvgIpc) is 0.772. The van der Waals surface area contributed by atoms with Gasteiger partial charge >= 0.3 is 29.8 Å². The third kappa shape index (κ3) is 22.8. The van der Waals surface area contributed by atoms with Gasteiger partial charge in [0.05, 0.1) is 60.3 Å². The Kier molecular flexibility index (Phi) is 28.4. The molecule has 580 valence electrons. The number of allylic oxidation sites excluding steroid dienone is 4. The zero-order chi connectivity index (χ0) is 81.6. The van der Waals surface area contributed by atoms with Gasteiger partial charge in [0.25, 0.3) is 0 Å². The molecule has 0 spiro atoms. The van der Waals surface area contributed by atoms with E-state index in [0.717, 1.165) is 102 Å². The van der Waals surface area contributed by atoms with Gasteiger partial charge in [-0.15, -0.1) is 0 Å². The Morgan fingerprint density at radius 1 is 0.305 bits per heavy atom. The molecule has 0 fully saturated rings. The zero-order valence-electron chi connectivity index (χ0n) is 65.7. The van der Waals surface area contributed by atoms with Crippen LogP contribution in [0.3, 0.4) is 0 Å². The summed E-state index contributed by atoms with van der Waals surface area (Å²) >= 11 is 0. The molecule has 12 aromatic rings. The van der Waals surface area contributed by atoms with Gasteiger partial charge in [-0.3, -0.25) is 4.99 Å². The summed E-state index contributed by atoms with van der Waals surface area (Å²) < 4.78 is 22.4. The maximum absolute atomic E-state index is 13.1.